The lowest BCUT2D eigenvalue weighted by atomic mass is 10.1. The summed E-state index contributed by atoms with van der Waals surface area (Å²) in [6.07, 6.45) is 4.80. The largest absolute Gasteiger partial charge is 0.522 e. The molecule has 192 valence electrons. The Morgan fingerprint density at radius 1 is 0.917 bits per heavy atom. The van der Waals surface area contributed by atoms with E-state index in [1.54, 1.807) is 48.8 Å². The first-order valence-corrected chi connectivity index (χ1v) is 11.1. The molecule has 7 nitrogen and oxygen atoms in total. The van der Waals surface area contributed by atoms with E-state index in [0.717, 1.165) is 10.9 Å². The minimum absolute atomic E-state index is 0.341. The molecule has 13 heteroatoms. The molecule has 4 rings (SSSR count). The molecule has 0 bridgehead atoms. The Labute approximate surface area is 202 Å². The van der Waals surface area contributed by atoms with Crippen molar-refractivity contribution in [3.05, 3.63) is 78.6 Å². The summed E-state index contributed by atoms with van der Waals surface area (Å²) < 4.78 is 94.3. The fourth-order valence-electron chi connectivity index (χ4n) is 2.74. The van der Waals surface area contributed by atoms with Crippen LogP contribution in [0, 0.1) is 11.6 Å². The number of rotatable bonds is 3. The zero-order chi connectivity index (χ0) is 27.1. The molecule has 36 heavy (non-hydrogen) atoms. The number of pyridine rings is 2. The van der Waals surface area contributed by atoms with Crippen LogP contribution >= 0.6 is 0 Å². The molecular formula is C23H19F5N2O5S. The number of hydrogen-bond donors (Lipinski definition) is 1. The molecule has 0 spiro atoms. The number of ether oxygens (including phenoxy) is 2. The van der Waals surface area contributed by atoms with Gasteiger partial charge in [-0.15, -0.1) is 0 Å². The topological polar surface area (TPSA) is 98.6 Å². The molecule has 0 saturated heterocycles. The maximum atomic E-state index is 13.6. The predicted octanol–water partition coefficient (Wildman–Crippen LogP) is 5.80. The lowest BCUT2D eigenvalue weighted by molar-refractivity contribution is -0.0510. The van der Waals surface area contributed by atoms with Crippen LogP contribution in [0.1, 0.15) is 5.56 Å². The summed E-state index contributed by atoms with van der Waals surface area (Å²) in [6, 6.07) is 11.5. The molecule has 0 aliphatic carbocycles. The highest BCUT2D eigenvalue weighted by Crippen LogP contribution is 2.26. The molecule has 0 amide bonds. The van der Waals surface area contributed by atoms with E-state index in [1.165, 1.54) is 26.4 Å². The molecular weight excluding hydrogens is 511 g/mol. The summed E-state index contributed by atoms with van der Waals surface area (Å²) in [5, 5.41) is 1.46. The molecule has 2 aromatic heterocycles. The smallest absolute Gasteiger partial charge is 0.497 e. The molecule has 0 unspecified atom stereocenters. The van der Waals surface area contributed by atoms with Crippen LogP contribution in [-0.2, 0) is 10.1 Å². The van der Waals surface area contributed by atoms with Gasteiger partial charge in [-0.05, 0) is 29.8 Å². The average Bonchev–Trinajstić information content (AvgIpc) is 2.83. The first-order chi connectivity index (χ1) is 16.8. The fraction of sp³-hybridized carbons (Fsp3) is 0.130. The third-order valence-electron chi connectivity index (χ3n) is 4.42. The van der Waals surface area contributed by atoms with E-state index in [-0.39, 0.29) is 11.6 Å². The molecule has 0 fully saturated rings. The molecule has 1 N–H and O–H groups in total. The first-order valence-electron chi connectivity index (χ1n) is 9.69. The van der Waals surface area contributed by atoms with E-state index in [2.05, 4.69) is 16.5 Å². The normalized spacial score (nSPS) is 11.1. The van der Waals surface area contributed by atoms with Gasteiger partial charge in [0.25, 0.3) is 0 Å². The number of alkyl halides is 3. The molecule has 4 aromatic rings. The molecule has 0 aliphatic rings. The molecule has 0 radical (unpaired) electrons. The highest BCUT2D eigenvalue weighted by Gasteiger charge is 2.44. The van der Waals surface area contributed by atoms with Crippen LogP contribution in [-0.4, -0.2) is 42.7 Å². The second-order valence-electron chi connectivity index (χ2n) is 6.71. The summed E-state index contributed by atoms with van der Waals surface area (Å²) >= 11 is 0. The predicted molar refractivity (Wildman–Crippen MR) is 124 cm³/mol. The zero-order valence-corrected chi connectivity index (χ0v) is 19.6. The summed E-state index contributed by atoms with van der Waals surface area (Å²) in [5.74, 6) is 0.261. The quantitative estimate of drug-likeness (QED) is 0.203. The molecule has 2 heterocycles. The Balaban J connectivity index is 0.000000200. The highest BCUT2D eigenvalue weighted by molar-refractivity contribution is 7.86. The number of methoxy groups -OCH3 is 2. The van der Waals surface area contributed by atoms with E-state index in [9.17, 15) is 22.0 Å². The number of benzene rings is 2. The SMILES string of the molecule is C=Cc1ccnc2c(F)cc(OC)cc12.COc1cc(F)c2ncccc2c1.O=S(=O)(O)C(F)(F)F. The van der Waals surface area contributed by atoms with Gasteiger partial charge in [0, 0.05) is 35.3 Å². The van der Waals surface area contributed by atoms with Gasteiger partial charge < -0.3 is 9.47 Å². The van der Waals surface area contributed by atoms with Crippen molar-refractivity contribution in [2.45, 2.75) is 5.51 Å². The van der Waals surface area contributed by atoms with Gasteiger partial charge in [-0.3, -0.25) is 14.5 Å². The van der Waals surface area contributed by atoms with Gasteiger partial charge in [0.1, 0.15) is 22.5 Å². The van der Waals surface area contributed by atoms with Crippen molar-refractivity contribution in [1.29, 1.82) is 0 Å². The van der Waals surface area contributed by atoms with Crippen LogP contribution < -0.4 is 9.47 Å². The third-order valence-corrected chi connectivity index (χ3v) is 5.01. The van der Waals surface area contributed by atoms with Gasteiger partial charge in [-0.2, -0.15) is 21.6 Å². The summed E-state index contributed by atoms with van der Waals surface area (Å²) in [6.45, 7) is 3.68. The average molecular weight is 530 g/mol. The Hall–Kier alpha value is -3.84. The monoisotopic (exact) mass is 530 g/mol. The standard InChI is InChI=1S/C12H10FNO.C10H8FNO.CHF3O3S/c1-3-8-4-5-14-12-10(8)6-9(15-2)7-11(12)13;1-13-8-5-7-3-2-4-12-10(7)9(11)6-8;2-1(3,4)8(5,6)7/h3-7H,1H2,2H3;2-6H,1H3;(H,5,6,7). The Kier molecular flexibility index (Phi) is 9.25. The fourth-order valence-corrected chi connectivity index (χ4v) is 2.74. The third kappa shape index (κ3) is 7.09. The van der Waals surface area contributed by atoms with Crippen LogP contribution in [0.3, 0.4) is 0 Å². The van der Waals surface area contributed by atoms with Crippen LogP contribution in [0.25, 0.3) is 27.9 Å². The van der Waals surface area contributed by atoms with Crippen molar-refractivity contribution in [1.82, 2.24) is 9.97 Å². The highest BCUT2D eigenvalue weighted by atomic mass is 32.2. The number of fused-ring (bicyclic) bond motifs is 2. The van der Waals surface area contributed by atoms with E-state index in [0.29, 0.717) is 27.9 Å². The summed E-state index contributed by atoms with van der Waals surface area (Å²) in [7, 11) is -2.82. The van der Waals surface area contributed by atoms with Gasteiger partial charge in [0.05, 0.1) is 14.2 Å². The molecule has 0 atom stereocenters. The lowest BCUT2D eigenvalue weighted by Gasteiger charge is -2.05. The number of hydrogen-bond acceptors (Lipinski definition) is 6. The first kappa shape index (κ1) is 28.4. The van der Waals surface area contributed by atoms with Crippen molar-refractivity contribution in [2.24, 2.45) is 0 Å². The van der Waals surface area contributed by atoms with E-state index < -0.39 is 15.6 Å². The Morgan fingerprint density at radius 3 is 1.97 bits per heavy atom. The van der Waals surface area contributed by atoms with Gasteiger partial charge in [0.15, 0.2) is 11.6 Å². The number of nitrogens with zero attached hydrogens (tertiary/aromatic N) is 2. The number of halogens is 5. The minimum Gasteiger partial charge on any atom is -0.497 e. The second-order valence-corrected chi connectivity index (χ2v) is 8.13. The van der Waals surface area contributed by atoms with Crippen LogP contribution in [0.15, 0.2) is 61.4 Å². The zero-order valence-electron chi connectivity index (χ0n) is 18.8. The minimum atomic E-state index is -5.84. The Bertz CT molecular complexity index is 1480. The van der Waals surface area contributed by atoms with Crippen molar-refractivity contribution >= 4 is 38.0 Å². The maximum Gasteiger partial charge on any atom is 0.522 e. The molecule has 2 aromatic carbocycles. The van der Waals surface area contributed by atoms with Crippen molar-refractivity contribution in [3.8, 4) is 11.5 Å². The molecule has 0 saturated carbocycles. The van der Waals surface area contributed by atoms with Crippen LogP contribution in [0.5, 0.6) is 11.5 Å². The van der Waals surface area contributed by atoms with Gasteiger partial charge >= 0.3 is 15.6 Å². The van der Waals surface area contributed by atoms with Crippen molar-refractivity contribution in [2.75, 3.05) is 14.2 Å². The van der Waals surface area contributed by atoms with E-state index >= 15 is 0 Å². The van der Waals surface area contributed by atoms with Crippen LogP contribution in [0.4, 0.5) is 22.0 Å². The Morgan fingerprint density at radius 2 is 1.44 bits per heavy atom. The number of aromatic nitrogens is 2. The van der Waals surface area contributed by atoms with Crippen LogP contribution in [0.2, 0.25) is 0 Å². The van der Waals surface area contributed by atoms with Crippen molar-refractivity contribution in [3.63, 3.8) is 0 Å². The molecule has 0 aliphatic heterocycles. The van der Waals surface area contributed by atoms with E-state index in [4.69, 9.17) is 22.4 Å². The van der Waals surface area contributed by atoms with Gasteiger partial charge in [0.2, 0.25) is 0 Å². The summed E-state index contributed by atoms with van der Waals surface area (Å²) in [4.78, 5) is 7.91. The second kappa shape index (κ2) is 11.7. The lowest BCUT2D eigenvalue weighted by Crippen LogP contribution is -2.21. The van der Waals surface area contributed by atoms with Crippen molar-refractivity contribution < 1.29 is 44.4 Å². The van der Waals surface area contributed by atoms with Gasteiger partial charge in [-0.25, -0.2) is 8.78 Å². The summed E-state index contributed by atoms with van der Waals surface area (Å²) in [5.41, 5.74) is -3.97. The maximum absolute atomic E-state index is 13.6. The van der Waals surface area contributed by atoms with E-state index in [1.807, 2.05) is 0 Å². The van der Waals surface area contributed by atoms with Gasteiger partial charge in [-0.1, -0.05) is 18.7 Å².